The molecule has 2 aromatic heterocycles. The molecule has 0 radical (unpaired) electrons. The van der Waals surface area contributed by atoms with Crippen LogP contribution in [0.1, 0.15) is 29.8 Å². The van der Waals surface area contributed by atoms with Crippen LogP contribution in [0.4, 0.5) is 5.13 Å². The number of benzene rings is 2. The van der Waals surface area contributed by atoms with Crippen molar-refractivity contribution in [3.63, 3.8) is 0 Å². The normalized spacial score (nSPS) is 14.9. The molecule has 1 aliphatic heterocycles. The highest BCUT2D eigenvalue weighted by Gasteiger charge is 2.25. The van der Waals surface area contributed by atoms with Gasteiger partial charge in [0.1, 0.15) is 0 Å². The first-order chi connectivity index (χ1) is 14.9. The van der Waals surface area contributed by atoms with Crippen molar-refractivity contribution in [2.45, 2.75) is 24.2 Å². The van der Waals surface area contributed by atoms with E-state index < -0.39 is 10.0 Å². The van der Waals surface area contributed by atoms with Crippen LogP contribution >= 0.6 is 22.9 Å². The summed E-state index contributed by atoms with van der Waals surface area (Å²) in [5.74, 6) is -0.246. The quantitative estimate of drug-likeness (QED) is 0.464. The Morgan fingerprint density at radius 1 is 1.13 bits per heavy atom. The van der Waals surface area contributed by atoms with Crippen LogP contribution < -0.4 is 4.72 Å². The van der Waals surface area contributed by atoms with Crippen LogP contribution in [0, 0.1) is 0 Å². The van der Waals surface area contributed by atoms with Gasteiger partial charge in [0.2, 0.25) is 0 Å². The molecular formula is C20H17ClN4O4S2. The van der Waals surface area contributed by atoms with Crippen LogP contribution in [-0.2, 0) is 10.0 Å². The predicted molar refractivity (Wildman–Crippen MR) is 119 cm³/mol. The van der Waals surface area contributed by atoms with Crippen molar-refractivity contribution in [1.29, 1.82) is 0 Å². The summed E-state index contributed by atoms with van der Waals surface area (Å²) in [6, 6.07) is 9.48. The number of hydrogen-bond donors (Lipinski definition) is 1. The van der Waals surface area contributed by atoms with E-state index in [1.807, 2.05) is 0 Å². The van der Waals surface area contributed by atoms with E-state index in [0.717, 1.165) is 24.0 Å². The summed E-state index contributed by atoms with van der Waals surface area (Å²) in [5, 5.41) is 5.06. The van der Waals surface area contributed by atoms with Crippen LogP contribution in [0.5, 0.6) is 0 Å². The average molecular weight is 477 g/mol. The molecular weight excluding hydrogens is 460 g/mol. The second-order valence-corrected chi connectivity index (χ2v) is 10.4. The second kappa shape index (κ2) is 7.77. The third-order valence-corrected chi connectivity index (χ3v) is 7.80. The number of nitrogens with zero attached hydrogens (tertiary/aromatic N) is 3. The molecule has 0 bridgehead atoms. The minimum absolute atomic E-state index is 0.00631. The molecule has 0 saturated carbocycles. The summed E-state index contributed by atoms with van der Waals surface area (Å²) in [4.78, 5) is 18.9. The van der Waals surface area contributed by atoms with Crippen molar-refractivity contribution in [3.05, 3.63) is 47.1 Å². The van der Waals surface area contributed by atoms with E-state index in [4.69, 9.17) is 16.1 Å². The number of sulfonamides is 1. The molecule has 0 unspecified atom stereocenters. The fourth-order valence-corrected chi connectivity index (χ4v) is 6.00. The Labute approximate surface area is 186 Å². The number of thiazole rings is 1. The van der Waals surface area contributed by atoms with Gasteiger partial charge in [0.15, 0.2) is 16.4 Å². The highest BCUT2D eigenvalue weighted by atomic mass is 35.5. The number of anilines is 1. The predicted octanol–water partition coefficient (Wildman–Crippen LogP) is 4.52. The maximum Gasteiger partial charge on any atom is 0.276 e. The van der Waals surface area contributed by atoms with E-state index in [-0.39, 0.29) is 21.6 Å². The van der Waals surface area contributed by atoms with Gasteiger partial charge in [-0.3, -0.25) is 9.52 Å². The van der Waals surface area contributed by atoms with Crippen molar-refractivity contribution in [1.82, 2.24) is 15.0 Å². The maximum atomic E-state index is 13.0. The molecule has 1 aliphatic rings. The van der Waals surface area contributed by atoms with Crippen molar-refractivity contribution >= 4 is 65.2 Å². The van der Waals surface area contributed by atoms with Crippen molar-refractivity contribution in [2.24, 2.45) is 0 Å². The third kappa shape index (κ3) is 3.86. The second-order valence-electron chi connectivity index (χ2n) is 7.28. The Kier molecular flexibility index (Phi) is 5.07. The number of carbonyl (C=O) groups is 1. The Bertz CT molecular complexity index is 1410. The van der Waals surface area contributed by atoms with Crippen LogP contribution in [0.2, 0.25) is 5.02 Å². The molecule has 1 fully saturated rings. The Hall–Kier alpha value is -2.69. The van der Waals surface area contributed by atoms with Crippen molar-refractivity contribution < 1.29 is 17.7 Å². The summed E-state index contributed by atoms with van der Waals surface area (Å²) in [6.07, 6.45) is 2.98. The Morgan fingerprint density at radius 3 is 2.74 bits per heavy atom. The van der Waals surface area contributed by atoms with Gasteiger partial charge in [-0.05, 0) is 55.7 Å². The smallest absolute Gasteiger partial charge is 0.276 e. The first kappa shape index (κ1) is 20.2. The summed E-state index contributed by atoms with van der Waals surface area (Å²) in [7, 11) is -3.94. The summed E-state index contributed by atoms with van der Waals surface area (Å²) in [6.45, 7) is 1.32. The number of aromatic nitrogens is 2. The molecule has 8 nitrogen and oxygen atoms in total. The van der Waals surface area contributed by atoms with Gasteiger partial charge in [-0.25, -0.2) is 13.4 Å². The number of nitrogens with one attached hydrogen (secondary N) is 1. The number of amides is 1. The molecule has 31 heavy (non-hydrogen) atoms. The van der Waals surface area contributed by atoms with E-state index in [9.17, 15) is 13.2 Å². The molecule has 0 spiro atoms. The first-order valence-corrected chi connectivity index (χ1v) is 12.4. The number of rotatable bonds is 4. The van der Waals surface area contributed by atoms with E-state index >= 15 is 0 Å². The van der Waals surface area contributed by atoms with Crippen molar-refractivity contribution in [2.75, 3.05) is 17.8 Å². The number of hydrogen-bond acceptors (Lipinski definition) is 7. The molecule has 1 amide bonds. The molecule has 1 saturated heterocycles. The van der Waals surface area contributed by atoms with E-state index in [0.29, 0.717) is 34.6 Å². The van der Waals surface area contributed by atoms with Crippen LogP contribution in [0.15, 0.2) is 45.8 Å². The molecule has 0 atom stereocenters. The lowest BCUT2D eigenvalue weighted by Crippen LogP contribution is -2.35. The SMILES string of the molecule is O=C(c1noc2ccc(S(=O)(=O)Nc3nc4ccc(Cl)cc4s3)cc12)N1CCCCC1. The Morgan fingerprint density at radius 2 is 1.94 bits per heavy atom. The van der Waals surface area contributed by atoms with Gasteiger partial charge in [-0.2, -0.15) is 0 Å². The molecule has 3 heterocycles. The van der Waals surface area contributed by atoms with Gasteiger partial charge in [-0.1, -0.05) is 28.1 Å². The first-order valence-electron chi connectivity index (χ1n) is 9.68. The maximum absolute atomic E-state index is 13.0. The van der Waals surface area contributed by atoms with E-state index in [1.54, 1.807) is 23.1 Å². The van der Waals surface area contributed by atoms with Crippen LogP contribution in [0.25, 0.3) is 21.2 Å². The summed E-state index contributed by atoms with van der Waals surface area (Å²) in [5.41, 5.74) is 1.13. The number of piperidine rings is 1. The van der Waals surface area contributed by atoms with Crippen LogP contribution in [0.3, 0.4) is 0 Å². The lowest BCUT2D eigenvalue weighted by atomic mass is 10.1. The van der Waals surface area contributed by atoms with Gasteiger partial charge in [0, 0.05) is 18.1 Å². The fourth-order valence-electron chi connectivity index (χ4n) is 3.60. The molecule has 0 aliphatic carbocycles. The minimum atomic E-state index is -3.94. The number of halogens is 1. The molecule has 4 aromatic rings. The monoisotopic (exact) mass is 476 g/mol. The highest BCUT2D eigenvalue weighted by molar-refractivity contribution is 7.93. The topological polar surface area (TPSA) is 105 Å². The lowest BCUT2D eigenvalue weighted by Gasteiger charge is -2.25. The molecule has 160 valence electrons. The lowest BCUT2D eigenvalue weighted by molar-refractivity contribution is 0.0716. The summed E-state index contributed by atoms with van der Waals surface area (Å²) >= 11 is 7.18. The van der Waals surface area contributed by atoms with E-state index in [1.165, 1.54) is 29.5 Å². The van der Waals surface area contributed by atoms with Gasteiger partial charge >= 0.3 is 0 Å². The van der Waals surface area contributed by atoms with Gasteiger partial charge in [0.05, 0.1) is 20.5 Å². The number of likely N-dealkylation sites (tertiary alicyclic amines) is 1. The summed E-state index contributed by atoms with van der Waals surface area (Å²) < 4.78 is 34.5. The number of fused-ring (bicyclic) bond motifs is 2. The molecule has 11 heteroatoms. The largest absolute Gasteiger partial charge is 0.355 e. The van der Waals surface area contributed by atoms with Gasteiger partial charge in [-0.15, -0.1) is 0 Å². The standard InChI is InChI=1S/C20H17ClN4O4S2/c21-12-4-6-15-17(10-12)30-20(22-15)24-31(27,28)13-5-7-16-14(11-13)18(23-29-16)19(26)25-8-2-1-3-9-25/h4-7,10-11H,1-3,8-9H2,(H,22,24). The van der Waals surface area contributed by atoms with E-state index in [2.05, 4.69) is 14.9 Å². The molecule has 1 N–H and O–H groups in total. The molecule has 2 aromatic carbocycles. The fraction of sp³-hybridized carbons (Fsp3) is 0.250. The minimum Gasteiger partial charge on any atom is -0.355 e. The average Bonchev–Trinajstić information content (AvgIpc) is 3.36. The van der Waals surface area contributed by atoms with Gasteiger partial charge < -0.3 is 9.42 Å². The molecule has 5 rings (SSSR count). The van der Waals surface area contributed by atoms with Crippen molar-refractivity contribution in [3.8, 4) is 0 Å². The third-order valence-electron chi connectivity index (χ3n) is 5.17. The number of carbonyl (C=O) groups excluding carboxylic acids is 1. The van der Waals surface area contributed by atoms with Crippen LogP contribution in [-0.4, -0.2) is 42.5 Å². The zero-order valence-electron chi connectivity index (χ0n) is 16.2. The Balaban J connectivity index is 1.47. The zero-order chi connectivity index (χ0) is 21.6. The highest BCUT2D eigenvalue weighted by Crippen LogP contribution is 2.31. The zero-order valence-corrected chi connectivity index (χ0v) is 18.6. The van der Waals surface area contributed by atoms with Gasteiger partial charge in [0.25, 0.3) is 15.9 Å².